The van der Waals surface area contributed by atoms with E-state index in [1.165, 1.54) is 0 Å². The van der Waals surface area contributed by atoms with Gasteiger partial charge in [-0.25, -0.2) is 9.36 Å². The molecule has 0 atom stereocenters. The Hall–Kier alpha value is -0.980. The molecule has 12 heavy (non-hydrogen) atoms. The Morgan fingerprint density at radius 2 is 2.08 bits per heavy atom. The van der Waals surface area contributed by atoms with Crippen LogP contribution in [0.15, 0.2) is 20.3 Å². The summed E-state index contributed by atoms with van der Waals surface area (Å²) in [5, 5.41) is 0. The van der Waals surface area contributed by atoms with Crippen molar-refractivity contribution in [3.8, 4) is 0 Å². The molecule has 0 aliphatic rings. The Labute approximate surface area is 73.0 Å². The molecule has 1 aromatic heterocycles. The maximum Gasteiger partial charge on any atom is 0.332 e. The Bertz CT molecular complexity index is 397. The maximum atomic E-state index is 12.0. The summed E-state index contributed by atoms with van der Waals surface area (Å²) in [5.41, 5.74) is -1.85. The van der Waals surface area contributed by atoms with Gasteiger partial charge in [0.15, 0.2) is 0 Å². The molecule has 0 saturated carbocycles. The molecule has 0 bridgehead atoms. The molecule has 66 valence electrons. The fourth-order valence-corrected chi connectivity index (χ4v) is 0.925. The highest BCUT2D eigenvalue weighted by molar-refractivity contribution is 9.10. The van der Waals surface area contributed by atoms with Crippen LogP contribution in [0.4, 0.5) is 8.78 Å². The van der Waals surface area contributed by atoms with Crippen LogP contribution in [0.2, 0.25) is 0 Å². The molecule has 1 aromatic rings. The van der Waals surface area contributed by atoms with Gasteiger partial charge in [0, 0.05) is 6.20 Å². The van der Waals surface area contributed by atoms with E-state index >= 15 is 0 Å². The summed E-state index contributed by atoms with van der Waals surface area (Å²) in [4.78, 5) is 23.0. The zero-order valence-electron chi connectivity index (χ0n) is 5.55. The lowest BCUT2D eigenvalue weighted by Gasteiger charge is -2.01. The van der Waals surface area contributed by atoms with Crippen molar-refractivity contribution in [1.29, 1.82) is 0 Å². The number of nitrogens with zero attached hydrogens (tertiary/aromatic N) is 1. The second kappa shape index (κ2) is 3.18. The van der Waals surface area contributed by atoms with Gasteiger partial charge >= 0.3 is 12.2 Å². The quantitative estimate of drug-likeness (QED) is 0.786. The first-order valence-electron chi connectivity index (χ1n) is 2.81. The fraction of sp³-hybridized carbons (Fsp3) is 0.200. The van der Waals surface area contributed by atoms with E-state index < -0.39 is 17.8 Å². The SMILES string of the molecule is O=c1[nH]c(=O)n(C(F)F)cc1Br. The van der Waals surface area contributed by atoms with Crippen LogP contribution in [0.1, 0.15) is 6.55 Å². The zero-order chi connectivity index (χ0) is 9.30. The van der Waals surface area contributed by atoms with E-state index in [-0.39, 0.29) is 9.04 Å². The highest BCUT2D eigenvalue weighted by Crippen LogP contribution is 2.07. The van der Waals surface area contributed by atoms with Gasteiger partial charge in [0.2, 0.25) is 0 Å². The minimum Gasteiger partial charge on any atom is -0.273 e. The lowest BCUT2D eigenvalue weighted by molar-refractivity contribution is 0.0644. The first kappa shape index (κ1) is 9.11. The van der Waals surface area contributed by atoms with Crippen LogP contribution in [0.3, 0.4) is 0 Å². The third-order valence-electron chi connectivity index (χ3n) is 1.13. The van der Waals surface area contributed by atoms with Crippen molar-refractivity contribution in [2.45, 2.75) is 6.55 Å². The van der Waals surface area contributed by atoms with Gasteiger partial charge in [0.1, 0.15) is 0 Å². The van der Waals surface area contributed by atoms with Crippen LogP contribution in [0.5, 0.6) is 0 Å². The Kier molecular flexibility index (Phi) is 2.41. The highest BCUT2D eigenvalue weighted by Gasteiger charge is 2.09. The highest BCUT2D eigenvalue weighted by atomic mass is 79.9. The molecule has 0 amide bonds. The lowest BCUT2D eigenvalue weighted by Crippen LogP contribution is -2.30. The van der Waals surface area contributed by atoms with Crippen molar-refractivity contribution in [2.75, 3.05) is 0 Å². The van der Waals surface area contributed by atoms with Crippen molar-refractivity contribution in [2.24, 2.45) is 0 Å². The van der Waals surface area contributed by atoms with Gasteiger partial charge in [0.05, 0.1) is 4.47 Å². The molecule has 1 heterocycles. The van der Waals surface area contributed by atoms with Crippen LogP contribution in [0, 0.1) is 0 Å². The van der Waals surface area contributed by atoms with Crippen LogP contribution >= 0.6 is 15.9 Å². The summed E-state index contributed by atoms with van der Waals surface area (Å²) in [6.07, 6.45) is 0.742. The monoisotopic (exact) mass is 240 g/mol. The van der Waals surface area contributed by atoms with Crippen molar-refractivity contribution < 1.29 is 8.78 Å². The molecule has 0 aliphatic carbocycles. The van der Waals surface area contributed by atoms with E-state index in [1.54, 1.807) is 4.98 Å². The van der Waals surface area contributed by atoms with Crippen LogP contribution < -0.4 is 11.2 Å². The van der Waals surface area contributed by atoms with E-state index in [9.17, 15) is 18.4 Å². The smallest absolute Gasteiger partial charge is 0.273 e. The summed E-state index contributed by atoms with van der Waals surface area (Å²) < 4.78 is 23.9. The number of aromatic amines is 1. The van der Waals surface area contributed by atoms with Crippen LogP contribution in [-0.2, 0) is 0 Å². The number of rotatable bonds is 1. The minimum absolute atomic E-state index is 0.109. The summed E-state index contributed by atoms with van der Waals surface area (Å²) >= 11 is 2.71. The van der Waals surface area contributed by atoms with Crippen LogP contribution in [-0.4, -0.2) is 9.55 Å². The van der Waals surface area contributed by atoms with Gasteiger partial charge in [-0.2, -0.15) is 8.78 Å². The van der Waals surface area contributed by atoms with Crippen molar-refractivity contribution in [1.82, 2.24) is 9.55 Å². The summed E-state index contributed by atoms with van der Waals surface area (Å²) in [5.74, 6) is 0. The molecular formula is C5H3BrF2N2O2. The Morgan fingerprint density at radius 3 is 2.58 bits per heavy atom. The second-order valence-corrected chi connectivity index (χ2v) is 2.78. The van der Waals surface area contributed by atoms with Crippen molar-refractivity contribution >= 4 is 15.9 Å². The summed E-state index contributed by atoms with van der Waals surface area (Å²) in [6, 6.07) is 0. The lowest BCUT2D eigenvalue weighted by atomic mass is 10.6. The molecule has 1 rings (SSSR count). The molecular weight excluding hydrogens is 238 g/mol. The molecule has 1 N–H and O–H groups in total. The van der Waals surface area contributed by atoms with Crippen molar-refractivity contribution in [3.05, 3.63) is 31.5 Å². The number of nitrogens with one attached hydrogen (secondary N) is 1. The standard InChI is InChI=1S/C5H3BrF2N2O2/c6-2-1-10(4(7)8)5(12)9-3(2)11/h1,4H,(H,9,11,12). The normalized spacial score (nSPS) is 10.7. The fourth-order valence-electron chi connectivity index (χ4n) is 0.606. The van der Waals surface area contributed by atoms with E-state index in [0.29, 0.717) is 0 Å². The molecule has 0 aromatic carbocycles. The minimum atomic E-state index is -2.95. The van der Waals surface area contributed by atoms with Crippen LogP contribution in [0.25, 0.3) is 0 Å². The number of H-pyrrole nitrogens is 1. The van der Waals surface area contributed by atoms with E-state index in [4.69, 9.17) is 0 Å². The second-order valence-electron chi connectivity index (χ2n) is 1.92. The van der Waals surface area contributed by atoms with E-state index in [2.05, 4.69) is 15.9 Å². The van der Waals surface area contributed by atoms with E-state index in [1.807, 2.05) is 0 Å². The predicted molar refractivity (Wildman–Crippen MR) is 40.3 cm³/mol. The molecule has 7 heteroatoms. The number of hydrogen-bond acceptors (Lipinski definition) is 2. The zero-order valence-corrected chi connectivity index (χ0v) is 7.14. The largest absolute Gasteiger partial charge is 0.332 e. The Morgan fingerprint density at radius 1 is 1.50 bits per heavy atom. The van der Waals surface area contributed by atoms with Gasteiger partial charge in [-0.15, -0.1) is 0 Å². The predicted octanol–water partition coefficient (Wildman–Crippen LogP) is 0.694. The molecule has 0 unspecified atom stereocenters. The number of halogens is 3. The van der Waals surface area contributed by atoms with E-state index in [0.717, 1.165) is 6.20 Å². The maximum absolute atomic E-state index is 12.0. The molecule has 0 saturated heterocycles. The third-order valence-corrected chi connectivity index (χ3v) is 1.70. The van der Waals surface area contributed by atoms with Gasteiger partial charge in [-0.3, -0.25) is 9.78 Å². The average molecular weight is 241 g/mol. The topological polar surface area (TPSA) is 54.9 Å². The molecule has 0 aliphatic heterocycles. The molecule has 4 nitrogen and oxygen atoms in total. The first-order chi connectivity index (χ1) is 5.52. The number of aromatic nitrogens is 2. The van der Waals surface area contributed by atoms with Gasteiger partial charge < -0.3 is 0 Å². The molecule has 0 fully saturated rings. The first-order valence-corrected chi connectivity index (χ1v) is 3.61. The summed E-state index contributed by atoms with van der Waals surface area (Å²) in [6.45, 7) is -2.95. The van der Waals surface area contributed by atoms with Gasteiger partial charge in [-0.1, -0.05) is 0 Å². The van der Waals surface area contributed by atoms with Gasteiger partial charge in [0.25, 0.3) is 5.56 Å². The number of alkyl halides is 2. The third kappa shape index (κ3) is 1.60. The summed E-state index contributed by atoms with van der Waals surface area (Å²) in [7, 11) is 0. The molecule has 0 spiro atoms. The number of hydrogen-bond donors (Lipinski definition) is 1. The average Bonchev–Trinajstić information content (AvgIpc) is 1.96. The Balaban J connectivity index is 3.44. The molecule has 0 radical (unpaired) electrons. The van der Waals surface area contributed by atoms with Gasteiger partial charge in [-0.05, 0) is 15.9 Å². The van der Waals surface area contributed by atoms with Crippen molar-refractivity contribution in [3.63, 3.8) is 0 Å².